The molecule has 1 saturated carbocycles. The second-order valence-corrected chi connectivity index (χ2v) is 7.68. The van der Waals surface area contributed by atoms with Crippen molar-refractivity contribution in [2.75, 3.05) is 5.75 Å². The molecule has 1 amide bonds. The highest BCUT2D eigenvalue weighted by Gasteiger charge is 2.23. The molecule has 1 aliphatic rings. The first-order chi connectivity index (χ1) is 13.2. The number of para-hydroxylation sites is 1. The zero-order valence-electron chi connectivity index (χ0n) is 14.9. The number of aromatic nitrogens is 2. The van der Waals surface area contributed by atoms with E-state index in [1.165, 1.54) is 17.3 Å². The van der Waals surface area contributed by atoms with E-state index in [0.29, 0.717) is 28.6 Å². The second kappa shape index (κ2) is 7.96. The maximum atomic E-state index is 13.0. The van der Waals surface area contributed by atoms with Gasteiger partial charge in [0.2, 0.25) is 5.91 Å². The van der Waals surface area contributed by atoms with Crippen molar-refractivity contribution < 1.29 is 4.79 Å². The molecule has 1 N–H and O–H groups in total. The van der Waals surface area contributed by atoms with Gasteiger partial charge in [0.1, 0.15) is 0 Å². The van der Waals surface area contributed by atoms with Crippen LogP contribution in [0.4, 0.5) is 0 Å². The summed E-state index contributed by atoms with van der Waals surface area (Å²) in [6.45, 7) is 0.535. The molecule has 0 bridgehead atoms. The number of thioether (sulfide) groups is 1. The Bertz CT molecular complexity index is 1010. The largest absolute Gasteiger partial charge is 0.353 e. The van der Waals surface area contributed by atoms with Crippen LogP contribution >= 0.6 is 11.8 Å². The lowest BCUT2D eigenvalue weighted by atomic mass is 10.1. The SMILES string of the molecule is O=C(CSc1nc2ccccc2c(=O)n1CCc1ccccc1)NC1CC1. The van der Waals surface area contributed by atoms with Crippen LogP contribution in [0.2, 0.25) is 0 Å². The molecule has 27 heavy (non-hydrogen) atoms. The van der Waals surface area contributed by atoms with Gasteiger partial charge in [-0.25, -0.2) is 4.98 Å². The number of aryl methyl sites for hydroxylation is 1. The van der Waals surface area contributed by atoms with E-state index in [-0.39, 0.29) is 17.2 Å². The minimum atomic E-state index is -0.0540. The predicted octanol–water partition coefficient (Wildman–Crippen LogP) is 3.01. The summed E-state index contributed by atoms with van der Waals surface area (Å²) in [5, 5.41) is 4.18. The number of carbonyl (C=O) groups is 1. The Morgan fingerprint density at radius 1 is 1.11 bits per heavy atom. The molecule has 0 unspecified atom stereocenters. The number of nitrogens with zero attached hydrogens (tertiary/aromatic N) is 2. The number of amides is 1. The van der Waals surface area contributed by atoms with E-state index in [4.69, 9.17) is 0 Å². The summed E-state index contributed by atoms with van der Waals surface area (Å²) < 4.78 is 1.70. The molecule has 6 heteroatoms. The van der Waals surface area contributed by atoms with Crippen LogP contribution in [0, 0.1) is 0 Å². The van der Waals surface area contributed by atoms with Gasteiger partial charge in [0.05, 0.1) is 16.7 Å². The Morgan fingerprint density at radius 3 is 2.63 bits per heavy atom. The fraction of sp³-hybridized carbons (Fsp3) is 0.286. The first kappa shape index (κ1) is 17.8. The van der Waals surface area contributed by atoms with E-state index in [1.807, 2.05) is 36.4 Å². The first-order valence-corrected chi connectivity index (χ1v) is 10.1. The smallest absolute Gasteiger partial charge is 0.262 e. The minimum absolute atomic E-state index is 0.000447. The van der Waals surface area contributed by atoms with E-state index in [0.717, 1.165) is 19.3 Å². The second-order valence-electron chi connectivity index (χ2n) is 6.73. The van der Waals surface area contributed by atoms with Crippen molar-refractivity contribution in [3.63, 3.8) is 0 Å². The van der Waals surface area contributed by atoms with E-state index in [1.54, 1.807) is 10.6 Å². The molecule has 138 valence electrons. The highest BCUT2D eigenvalue weighted by Crippen LogP contribution is 2.21. The molecule has 0 spiro atoms. The average molecular weight is 379 g/mol. The summed E-state index contributed by atoms with van der Waals surface area (Å²) in [4.78, 5) is 29.7. The van der Waals surface area contributed by atoms with Gasteiger partial charge in [0, 0.05) is 12.6 Å². The molecule has 1 fully saturated rings. The van der Waals surface area contributed by atoms with E-state index in [2.05, 4.69) is 22.4 Å². The molecule has 1 aliphatic carbocycles. The van der Waals surface area contributed by atoms with Crippen LogP contribution in [0.5, 0.6) is 0 Å². The van der Waals surface area contributed by atoms with Gasteiger partial charge in [-0.15, -0.1) is 0 Å². The molecule has 1 aromatic heterocycles. The molecule has 0 atom stereocenters. The van der Waals surface area contributed by atoms with Gasteiger partial charge in [-0.2, -0.15) is 0 Å². The molecule has 4 rings (SSSR count). The van der Waals surface area contributed by atoms with E-state index >= 15 is 0 Å². The molecular weight excluding hydrogens is 358 g/mol. The number of benzene rings is 2. The number of carbonyl (C=O) groups excluding carboxylic acids is 1. The van der Waals surface area contributed by atoms with Crippen molar-refractivity contribution in [1.29, 1.82) is 0 Å². The highest BCUT2D eigenvalue weighted by molar-refractivity contribution is 7.99. The third-order valence-electron chi connectivity index (χ3n) is 4.57. The average Bonchev–Trinajstić information content (AvgIpc) is 3.50. The van der Waals surface area contributed by atoms with Crippen LogP contribution in [0.3, 0.4) is 0 Å². The quantitative estimate of drug-likeness (QED) is 0.506. The van der Waals surface area contributed by atoms with Gasteiger partial charge < -0.3 is 5.32 Å². The van der Waals surface area contributed by atoms with Crippen molar-refractivity contribution in [3.8, 4) is 0 Å². The van der Waals surface area contributed by atoms with Crippen LogP contribution in [0.1, 0.15) is 18.4 Å². The van der Waals surface area contributed by atoms with Crippen molar-refractivity contribution in [1.82, 2.24) is 14.9 Å². The third kappa shape index (κ3) is 4.39. The Balaban J connectivity index is 1.60. The first-order valence-electron chi connectivity index (χ1n) is 9.16. The molecule has 0 saturated heterocycles. The summed E-state index contributed by atoms with van der Waals surface area (Å²) >= 11 is 1.33. The predicted molar refractivity (Wildman–Crippen MR) is 108 cm³/mol. The lowest BCUT2D eigenvalue weighted by molar-refractivity contribution is -0.118. The van der Waals surface area contributed by atoms with Crippen LogP contribution in [0.25, 0.3) is 10.9 Å². The molecule has 3 aromatic rings. The summed E-state index contributed by atoms with van der Waals surface area (Å²) in [5.74, 6) is 0.270. The van der Waals surface area contributed by atoms with Gasteiger partial charge in [0.15, 0.2) is 5.16 Å². The molecule has 1 heterocycles. The molecule has 2 aromatic carbocycles. The molecule has 5 nitrogen and oxygen atoms in total. The lowest BCUT2D eigenvalue weighted by Crippen LogP contribution is -2.28. The zero-order valence-corrected chi connectivity index (χ0v) is 15.7. The topological polar surface area (TPSA) is 64.0 Å². The molecule has 0 aliphatic heterocycles. The normalized spacial score (nSPS) is 13.6. The summed E-state index contributed by atoms with van der Waals surface area (Å²) in [7, 11) is 0. The van der Waals surface area contributed by atoms with Crippen LogP contribution in [-0.4, -0.2) is 27.3 Å². The number of hydrogen-bond donors (Lipinski definition) is 1. The van der Waals surface area contributed by atoms with E-state index < -0.39 is 0 Å². The number of fused-ring (bicyclic) bond motifs is 1. The summed E-state index contributed by atoms with van der Waals surface area (Å²) in [5.41, 5.74) is 1.78. The fourth-order valence-electron chi connectivity index (χ4n) is 2.97. The van der Waals surface area contributed by atoms with Crippen molar-refractivity contribution in [2.45, 2.75) is 37.0 Å². The van der Waals surface area contributed by atoms with Crippen LogP contribution in [-0.2, 0) is 17.8 Å². The van der Waals surface area contributed by atoms with Crippen molar-refractivity contribution in [2.24, 2.45) is 0 Å². The summed E-state index contributed by atoms with van der Waals surface area (Å²) in [6.07, 6.45) is 2.86. The minimum Gasteiger partial charge on any atom is -0.353 e. The monoisotopic (exact) mass is 379 g/mol. The zero-order chi connectivity index (χ0) is 18.6. The standard InChI is InChI=1S/C21H21N3O2S/c25-19(22-16-10-11-16)14-27-21-23-18-9-5-4-8-17(18)20(26)24(21)13-12-15-6-2-1-3-7-15/h1-9,16H,10-14H2,(H,22,25). The Morgan fingerprint density at radius 2 is 1.85 bits per heavy atom. The number of rotatable bonds is 7. The molecular formula is C21H21N3O2S. The van der Waals surface area contributed by atoms with Gasteiger partial charge >= 0.3 is 0 Å². The maximum Gasteiger partial charge on any atom is 0.262 e. The maximum absolute atomic E-state index is 13.0. The van der Waals surface area contributed by atoms with Crippen LogP contribution < -0.4 is 10.9 Å². The lowest BCUT2D eigenvalue weighted by Gasteiger charge is -2.13. The molecule has 0 radical (unpaired) electrons. The van der Waals surface area contributed by atoms with Gasteiger partial charge in [-0.1, -0.05) is 54.2 Å². The van der Waals surface area contributed by atoms with Gasteiger partial charge in [0.25, 0.3) is 5.56 Å². The number of hydrogen-bond acceptors (Lipinski definition) is 4. The summed E-state index contributed by atoms with van der Waals surface area (Å²) in [6, 6.07) is 17.8. The van der Waals surface area contributed by atoms with Crippen molar-refractivity contribution >= 4 is 28.6 Å². The highest BCUT2D eigenvalue weighted by atomic mass is 32.2. The van der Waals surface area contributed by atoms with Gasteiger partial charge in [-0.05, 0) is 37.0 Å². The van der Waals surface area contributed by atoms with Crippen molar-refractivity contribution in [3.05, 3.63) is 70.5 Å². The Hall–Kier alpha value is -2.60. The van der Waals surface area contributed by atoms with Crippen LogP contribution in [0.15, 0.2) is 64.5 Å². The Labute approximate surface area is 161 Å². The van der Waals surface area contributed by atoms with Gasteiger partial charge in [-0.3, -0.25) is 14.2 Å². The fourth-order valence-corrected chi connectivity index (χ4v) is 3.80. The van der Waals surface area contributed by atoms with E-state index in [9.17, 15) is 9.59 Å². The number of nitrogens with one attached hydrogen (secondary N) is 1. The third-order valence-corrected chi connectivity index (χ3v) is 5.54. The Kier molecular flexibility index (Phi) is 5.25.